The zero-order chi connectivity index (χ0) is 31.1. The van der Waals surface area contributed by atoms with Gasteiger partial charge >= 0.3 is 0 Å². The monoisotopic (exact) mass is 622 g/mol. The molecule has 4 amide bonds. The quantitative estimate of drug-likeness (QED) is 0.279. The highest BCUT2D eigenvalue weighted by molar-refractivity contribution is 6.38. The predicted octanol–water partition coefficient (Wildman–Crippen LogP) is 2.38. The van der Waals surface area contributed by atoms with Crippen molar-refractivity contribution in [2.24, 2.45) is 11.8 Å². The first-order valence-electron chi connectivity index (χ1n) is 15.4. The van der Waals surface area contributed by atoms with Crippen LogP contribution < -0.4 is 21.3 Å². The summed E-state index contributed by atoms with van der Waals surface area (Å²) in [6, 6.07) is 6.82. The Morgan fingerprint density at radius 3 is 2.50 bits per heavy atom. The molecular formula is C33H39ClN4O6. The van der Waals surface area contributed by atoms with Gasteiger partial charge in [-0.1, -0.05) is 67.3 Å². The number of hydrogen-bond donors (Lipinski definition) is 4. The number of amides is 4. The SMILES string of the molecule is O=C(NC1CCCCC1)C(=O)[C@H](C[C@@H]1CCNC1=O)NC(=O)[C@H](Cc1ccccc1)NC(=O)C1C=C2C=C(Cl)C=CC2OC1. The molecule has 5 rings (SSSR count). The second kappa shape index (κ2) is 14.8. The minimum absolute atomic E-state index is 0.00887. The molecule has 0 spiro atoms. The van der Waals surface area contributed by atoms with Gasteiger partial charge in [0.2, 0.25) is 23.5 Å². The van der Waals surface area contributed by atoms with Crippen molar-refractivity contribution < 1.29 is 28.7 Å². The number of benzene rings is 1. The van der Waals surface area contributed by atoms with Crippen molar-refractivity contribution in [1.29, 1.82) is 0 Å². The van der Waals surface area contributed by atoms with E-state index < -0.39 is 47.4 Å². The number of halogens is 1. The Kier molecular flexibility index (Phi) is 10.7. The summed E-state index contributed by atoms with van der Waals surface area (Å²) in [7, 11) is 0. The van der Waals surface area contributed by atoms with Gasteiger partial charge < -0.3 is 26.0 Å². The van der Waals surface area contributed by atoms with Crippen molar-refractivity contribution in [2.75, 3.05) is 13.2 Å². The molecule has 234 valence electrons. The van der Waals surface area contributed by atoms with E-state index >= 15 is 0 Å². The lowest BCUT2D eigenvalue weighted by molar-refractivity contribution is -0.141. The number of hydrogen-bond acceptors (Lipinski definition) is 6. The van der Waals surface area contributed by atoms with Crippen LogP contribution in [-0.2, 0) is 35.1 Å². The van der Waals surface area contributed by atoms with E-state index in [1.807, 2.05) is 36.4 Å². The third-order valence-corrected chi connectivity index (χ3v) is 8.88. The molecule has 2 unspecified atom stereocenters. The van der Waals surface area contributed by atoms with Crippen LogP contribution in [-0.4, -0.2) is 66.8 Å². The molecule has 2 heterocycles. The van der Waals surface area contributed by atoms with Gasteiger partial charge in [0, 0.05) is 30.0 Å². The molecule has 2 aliphatic heterocycles. The summed E-state index contributed by atoms with van der Waals surface area (Å²) >= 11 is 6.14. The van der Waals surface area contributed by atoms with Gasteiger partial charge in [-0.05, 0) is 55.0 Å². The van der Waals surface area contributed by atoms with Gasteiger partial charge in [0.25, 0.3) is 5.91 Å². The maximum atomic E-state index is 13.8. The van der Waals surface area contributed by atoms with E-state index in [0.717, 1.165) is 43.2 Å². The third kappa shape index (κ3) is 8.24. The van der Waals surface area contributed by atoms with Gasteiger partial charge in [-0.25, -0.2) is 0 Å². The number of Topliss-reactive ketones (excluding diaryl/α,β-unsaturated/α-hetero) is 1. The third-order valence-electron chi connectivity index (χ3n) is 8.64. The van der Waals surface area contributed by atoms with E-state index in [2.05, 4.69) is 21.3 Å². The van der Waals surface area contributed by atoms with E-state index in [0.29, 0.717) is 18.0 Å². The lowest BCUT2D eigenvalue weighted by atomic mass is 9.93. The number of rotatable bonds is 11. The van der Waals surface area contributed by atoms with Crippen LogP contribution in [0.5, 0.6) is 0 Å². The van der Waals surface area contributed by atoms with Crippen LogP contribution in [0.15, 0.2) is 65.2 Å². The highest BCUT2D eigenvalue weighted by Crippen LogP contribution is 2.27. The zero-order valence-electron chi connectivity index (χ0n) is 24.6. The topological polar surface area (TPSA) is 143 Å². The molecule has 0 bridgehead atoms. The van der Waals surface area contributed by atoms with Crippen LogP contribution in [0.3, 0.4) is 0 Å². The first-order valence-corrected chi connectivity index (χ1v) is 15.8. The Balaban J connectivity index is 1.32. The molecular weight excluding hydrogens is 584 g/mol. The molecule has 5 atom stereocenters. The fourth-order valence-electron chi connectivity index (χ4n) is 6.17. The molecule has 0 aromatic heterocycles. The standard InChI is InChI=1S/C33H39ClN4O6/c34-24-11-12-28-22(17-24)16-23(19-44-28)31(41)38-27(15-20-7-3-1-4-8-20)32(42)37-26(18-21-13-14-35-30(21)40)29(39)33(43)36-25-9-5-2-6-10-25/h1,3-4,7-8,11-12,16-17,21,23,25-28H,2,5-6,9-10,13-15,18-19H2,(H,35,40)(H,36,43)(H,37,42)(H,38,41)/t21-,23?,26-,27-,28?/m0/s1. The van der Waals surface area contributed by atoms with Crippen molar-refractivity contribution in [3.05, 3.63) is 70.8 Å². The number of carbonyl (C=O) groups excluding carboxylic acids is 5. The first kappa shape index (κ1) is 31.7. The molecule has 44 heavy (non-hydrogen) atoms. The fraction of sp³-hybridized carbons (Fsp3) is 0.485. The second-order valence-corrected chi connectivity index (χ2v) is 12.3. The minimum atomic E-state index is -1.22. The molecule has 1 aromatic carbocycles. The smallest absolute Gasteiger partial charge is 0.289 e. The molecule has 2 fully saturated rings. The molecule has 10 nitrogen and oxygen atoms in total. The van der Waals surface area contributed by atoms with Crippen LogP contribution in [0.1, 0.15) is 50.5 Å². The van der Waals surface area contributed by atoms with Gasteiger partial charge in [-0.2, -0.15) is 0 Å². The van der Waals surface area contributed by atoms with Gasteiger partial charge in [0.05, 0.1) is 18.6 Å². The summed E-state index contributed by atoms with van der Waals surface area (Å²) in [5.41, 5.74) is 1.56. The van der Waals surface area contributed by atoms with E-state index in [9.17, 15) is 24.0 Å². The van der Waals surface area contributed by atoms with Crippen molar-refractivity contribution >= 4 is 41.0 Å². The van der Waals surface area contributed by atoms with Crippen molar-refractivity contribution in [2.45, 2.75) is 75.6 Å². The maximum absolute atomic E-state index is 13.8. The van der Waals surface area contributed by atoms with Crippen molar-refractivity contribution in [1.82, 2.24) is 21.3 Å². The highest BCUT2D eigenvalue weighted by Gasteiger charge is 2.37. The van der Waals surface area contributed by atoms with E-state index in [4.69, 9.17) is 16.3 Å². The summed E-state index contributed by atoms with van der Waals surface area (Å²) in [6.45, 7) is 0.587. The Bertz CT molecular complexity index is 1350. The molecule has 0 radical (unpaired) electrons. The van der Waals surface area contributed by atoms with E-state index in [1.54, 1.807) is 18.2 Å². The van der Waals surface area contributed by atoms with Gasteiger partial charge in [0.1, 0.15) is 12.1 Å². The maximum Gasteiger partial charge on any atom is 0.289 e. The number of nitrogens with one attached hydrogen (secondary N) is 4. The molecule has 4 aliphatic rings. The molecule has 2 aliphatic carbocycles. The van der Waals surface area contributed by atoms with Gasteiger partial charge in [-0.3, -0.25) is 24.0 Å². The van der Waals surface area contributed by atoms with E-state index in [-0.39, 0.29) is 37.5 Å². The average molecular weight is 623 g/mol. The molecule has 1 saturated carbocycles. The van der Waals surface area contributed by atoms with Crippen LogP contribution in [0.25, 0.3) is 0 Å². The second-order valence-electron chi connectivity index (χ2n) is 11.9. The molecule has 1 saturated heterocycles. The summed E-state index contributed by atoms with van der Waals surface area (Å²) in [4.78, 5) is 66.2. The number of allylic oxidation sites excluding steroid dienone is 2. The molecule has 1 aromatic rings. The Labute approximate surface area is 262 Å². The van der Waals surface area contributed by atoms with Crippen molar-refractivity contribution in [3.8, 4) is 0 Å². The summed E-state index contributed by atoms with van der Waals surface area (Å²) in [5.74, 6) is -3.99. The Morgan fingerprint density at radius 1 is 1.00 bits per heavy atom. The molecule has 11 heteroatoms. The number of fused-ring (bicyclic) bond motifs is 1. The largest absolute Gasteiger partial charge is 0.368 e. The van der Waals surface area contributed by atoms with Gasteiger partial charge in [-0.15, -0.1) is 0 Å². The number of carbonyl (C=O) groups is 5. The summed E-state index contributed by atoms with van der Waals surface area (Å²) in [5, 5.41) is 11.7. The lowest BCUT2D eigenvalue weighted by Gasteiger charge is -2.29. The minimum Gasteiger partial charge on any atom is -0.368 e. The highest BCUT2D eigenvalue weighted by atomic mass is 35.5. The number of ether oxygens (including phenoxy) is 1. The van der Waals surface area contributed by atoms with Crippen molar-refractivity contribution in [3.63, 3.8) is 0 Å². The molecule has 4 N–H and O–H groups in total. The summed E-state index contributed by atoms with van der Waals surface area (Å²) < 4.78 is 5.85. The Morgan fingerprint density at radius 2 is 1.77 bits per heavy atom. The van der Waals surface area contributed by atoms with Gasteiger partial charge in [0.15, 0.2) is 0 Å². The Hall–Kier alpha value is -3.76. The fourth-order valence-corrected chi connectivity index (χ4v) is 6.37. The zero-order valence-corrected chi connectivity index (χ0v) is 25.3. The average Bonchev–Trinajstić information content (AvgIpc) is 3.44. The van der Waals surface area contributed by atoms with Crippen LogP contribution in [0, 0.1) is 11.8 Å². The number of ketones is 1. The lowest BCUT2D eigenvalue weighted by Crippen LogP contribution is -2.56. The van der Waals surface area contributed by atoms with E-state index in [1.165, 1.54) is 0 Å². The summed E-state index contributed by atoms with van der Waals surface area (Å²) in [6.07, 6.45) is 12.1. The van der Waals surface area contributed by atoms with Crippen LogP contribution in [0.2, 0.25) is 0 Å². The predicted molar refractivity (Wildman–Crippen MR) is 164 cm³/mol. The van der Waals surface area contributed by atoms with Crippen LogP contribution >= 0.6 is 11.6 Å². The first-order chi connectivity index (χ1) is 21.3. The van der Waals surface area contributed by atoms with Crippen LogP contribution in [0.4, 0.5) is 0 Å². The normalized spacial score (nSPS) is 24.6.